The Labute approximate surface area is 174 Å². The third-order valence-electron chi connectivity index (χ3n) is 6.29. The highest BCUT2D eigenvalue weighted by Gasteiger charge is 2.64. The molecule has 2 aliphatic carbocycles. The highest BCUT2D eigenvalue weighted by Crippen LogP contribution is 2.54. The van der Waals surface area contributed by atoms with Gasteiger partial charge in [0.2, 0.25) is 0 Å². The normalized spacial score (nSPS) is 32.3. The predicted molar refractivity (Wildman–Crippen MR) is 90.2 cm³/mol. The van der Waals surface area contributed by atoms with Crippen molar-refractivity contribution in [2.75, 3.05) is 19.8 Å². The molecule has 3 aliphatic rings. The van der Waals surface area contributed by atoms with Crippen LogP contribution < -0.4 is 0 Å². The monoisotopic (exact) mass is 484 g/mol. The van der Waals surface area contributed by atoms with Crippen LogP contribution in [0.4, 0.5) is 26.3 Å². The van der Waals surface area contributed by atoms with E-state index in [0.29, 0.717) is 19.3 Å². The van der Waals surface area contributed by atoms with Gasteiger partial charge in [-0.25, -0.2) is 4.79 Å². The SMILES string of the molecule is O=C(OCCC1CC2CCCC(C2)C12OCC(F)(F)C(F)(F)CO2)C(F)(F)S(=O)(=O)O. The minimum absolute atomic E-state index is 0.0980. The van der Waals surface area contributed by atoms with Crippen molar-refractivity contribution in [3.63, 3.8) is 0 Å². The number of carbonyl (C=O) groups is 1. The van der Waals surface area contributed by atoms with E-state index in [1.54, 1.807) is 0 Å². The number of fused-ring (bicyclic) bond motifs is 3. The highest BCUT2D eigenvalue weighted by molar-refractivity contribution is 7.87. The van der Waals surface area contributed by atoms with Gasteiger partial charge in [-0.05, 0) is 31.6 Å². The summed E-state index contributed by atoms with van der Waals surface area (Å²) in [7, 11) is -6.05. The lowest BCUT2D eigenvalue weighted by Gasteiger charge is -2.52. The Morgan fingerprint density at radius 3 is 2.19 bits per heavy atom. The van der Waals surface area contributed by atoms with Crippen molar-refractivity contribution in [1.29, 1.82) is 0 Å². The Bertz CT molecular complexity index is 785. The zero-order valence-electron chi connectivity index (χ0n) is 16.2. The lowest BCUT2D eigenvalue weighted by molar-refractivity contribution is -0.318. The van der Waals surface area contributed by atoms with Crippen LogP contribution >= 0.6 is 0 Å². The van der Waals surface area contributed by atoms with Crippen LogP contribution in [0.5, 0.6) is 0 Å². The minimum Gasteiger partial charge on any atom is -0.460 e. The van der Waals surface area contributed by atoms with E-state index in [1.807, 2.05) is 0 Å². The molecule has 7 nitrogen and oxygen atoms in total. The summed E-state index contributed by atoms with van der Waals surface area (Å²) >= 11 is 0. The van der Waals surface area contributed by atoms with E-state index in [4.69, 9.17) is 14.0 Å². The number of alkyl halides is 6. The second-order valence-corrected chi connectivity index (χ2v) is 9.75. The quantitative estimate of drug-likeness (QED) is 0.363. The van der Waals surface area contributed by atoms with Crippen LogP contribution in [-0.2, 0) is 29.1 Å². The molecule has 31 heavy (non-hydrogen) atoms. The average molecular weight is 484 g/mol. The number of carbonyl (C=O) groups excluding carboxylic acids is 1. The smallest absolute Gasteiger partial charge is 0.460 e. The van der Waals surface area contributed by atoms with Gasteiger partial charge >= 0.3 is 33.2 Å². The van der Waals surface area contributed by atoms with Gasteiger partial charge in [-0.1, -0.05) is 12.8 Å². The van der Waals surface area contributed by atoms with E-state index in [1.165, 1.54) is 0 Å². The van der Waals surface area contributed by atoms with Crippen LogP contribution in [0.1, 0.15) is 38.5 Å². The topological polar surface area (TPSA) is 99.1 Å². The Balaban J connectivity index is 1.77. The molecule has 1 saturated heterocycles. The van der Waals surface area contributed by atoms with Crippen molar-refractivity contribution in [2.24, 2.45) is 17.8 Å². The number of hydrogen-bond acceptors (Lipinski definition) is 6. The van der Waals surface area contributed by atoms with Crippen molar-refractivity contribution in [2.45, 2.75) is 61.4 Å². The van der Waals surface area contributed by atoms with Gasteiger partial charge in [0, 0.05) is 11.8 Å². The number of rotatable bonds is 5. The van der Waals surface area contributed by atoms with Crippen molar-refractivity contribution in [1.82, 2.24) is 0 Å². The molecule has 2 saturated carbocycles. The minimum atomic E-state index is -6.05. The summed E-state index contributed by atoms with van der Waals surface area (Å²) in [5.74, 6) is -14.5. The Morgan fingerprint density at radius 1 is 1.06 bits per heavy atom. The summed E-state index contributed by atoms with van der Waals surface area (Å²) in [6, 6.07) is 0. The first-order chi connectivity index (χ1) is 14.1. The van der Waals surface area contributed by atoms with Gasteiger partial charge in [-0.3, -0.25) is 4.55 Å². The number of ether oxygens (including phenoxy) is 3. The molecule has 2 bridgehead atoms. The molecule has 3 fully saturated rings. The Kier molecular flexibility index (Phi) is 6.35. The van der Waals surface area contributed by atoms with E-state index >= 15 is 0 Å². The first kappa shape index (κ1) is 24.5. The zero-order valence-corrected chi connectivity index (χ0v) is 17.0. The van der Waals surface area contributed by atoms with Gasteiger partial charge in [0.15, 0.2) is 5.79 Å². The molecule has 0 aromatic heterocycles. The molecule has 1 N–H and O–H groups in total. The summed E-state index contributed by atoms with van der Waals surface area (Å²) in [5, 5.41) is -5.19. The molecular formula is C17H22F6O7S. The predicted octanol–water partition coefficient (Wildman–Crippen LogP) is 3.24. The number of hydrogen-bond donors (Lipinski definition) is 1. The van der Waals surface area contributed by atoms with Crippen molar-refractivity contribution < 1.29 is 58.3 Å². The third-order valence-corrected chi connectivity index (χ3v) is 7.11. The largest absolute Gasteiger partial charge is 0.465 e. The van der Waals surface area contributed by atoms with Crippen LogP contribution in [0.25, 0.3) is 0 Å². The molecule has 1 aliphatic heterocycles. The second kappa shape index (κ2) is 8.03. The standard InChI is InChI=1S/C17H22F6O7S/c18-14(19)8-29-16(30-9-15(14,20)21)11-3-1-2-10(6-11)7-12(16)4-5-28-13(24)17(22,23)31(25,26)27/h10-12H,1-9H2,(H,25,26,27). The molecule has 14 heteroatoms. The summed E-state index contributed by atoms with van der Waals surface area (Å²) in [5.41, 5.74) is 0. The van der Waals surface area contributed by atoms with Gasteiger partial charge in [0.1, 0.15) is 13.2 Å². The molecule has 3 unspecified atom stereocenters. The first-order valence-electron chi connectivity index (χ1n) is 9.68. The van der Waals surface area contributed by atoms with Gasteiger partial charge in [-0.2, -0.15) is 34.8 Å². The van der Waals surface area contributed by atoms with Crippen LogP contribution in [0.15, 0.2) is 0 Å². The lowest BCUT2D eigenvalue weighted by atomic mass is 9.63. The van der Waals surface area contributed by atoms with E-state index in [2.05, 4.69) is 4.74 Å². The first-order valence-corrected chi connectivity index (χ1v) is 11.1. The third kappa shape index (κ3) is 4.40. The average Bonchev–Trinajstić information content (AvgIpc) is 2.75. The maximum absolute atomic E-state index is 13.8. The summed E-state index contributed by atoms with van der Waals surface area (Å²) in [6.07, 6.45) is 2.45. The fourth-order valence-electron chi connectivity index (χ4n) is 4.70. The summed E-state index contributed by atoms with van der Waals surface area (Å²) < 4.78 is 127. The van der Waals surface area contributed by atoms with E-state index < -0.39 is 70.6 Å². The molecule has 0 radical (unpaired) electrons. The van der Waals surface area contributed by atoms with Crippen molar-refractivity contribution in [3.8, 4) is 0 Å². The molecule has 1 heterocycles. The molecule has 3 rings (SSSR count). The molecule has 3 atom stereocenters. The Morgan fingerprint density at radius 2 is 1.65 bits per heavy atom. The summed E-state index contributed by atoms with van der Waals surface area (Å²) in [4.78, 5) is 11.4. The molecule has 0 amide bonds. The van der Waals surface area contributed by atoms with E-state index in [9.17, 15) is 39.6 Å². The van der Waals surface area contributed by atoms with Crippen molar-refractivity contribution in [3.05, 3.63) is 0 Å². The molecule has 180 valence electrons. The van der Waals surface area contributed by atoms with Crippen LogP contribution in [0, 0.1) is 17.8 Å². The highest BCUT2D eigenvalue weighted by atomic mass is 32.2. The van der Waals surface area contributed by atoms with Gasteiger partial charge in [-0.15, -0.1) is 0 Å². The molecular weight excluding hydrogens is 462 g/mol. The van der Waals surface area contributed by atoms with E-state index in [-0.39, 0.29) is 18.8 Å². The number of halogens is 6. The van der Waals surface area contributed by atoms with Gasteiger partial charge in [0.05, 0.1) is 6.61 Å². The van der Waals surface area contributed by atoms with Crippen molar-refractivity contribution >= 4 is 16.1 Å². The molecule has 0 aromatic rings. The van der Waals surface area contributed by atoms with Gasteiger partial charge in [0.25, 0.3) is 0 Å². The molecule has 1 spiro atoms. The number of esters is 1. The summed E-state index contributed by atoms with van der Waals surface area (Å²) in [6.45, 7) is -3.98. The van der Waals surface area contributed by atoms with Crippen LogP contribution in [0.2, 0.25) is 0 Å². The zero-order chi connectivity index (χ0) is 23.3. The Hall–Kier alpha value is -1.12. The maximum Gasteiger partial charge on any atom is 0.465 e. The maximum atomic E-state index is 13.8. The van der Waals surface area contributed by atoms with E-state index in [0.717, 1.165) is 6.42 Å². The lowest BCUT2D eigenvalue weighted by Crippen LogP contribution is -2.55. The van der Waals surface area contributed by atoms with Gasteiger partial charge < -0.3 is 14.2 Å². The van der Waals surface area contributed by atoms with Crippen LogP contribution in [-0.4, -0.2) is 61.6 Å². The fourth-order valence-corrected chi connectivity index (χ4v) is 4.97. The van der Waals surface area contributed by atoms with Crippen LogP contribution in [0.3, 0.4) is 0 Å². The fraction of sp³-hybridized carbons (Fsp3) is 0.941. The molecule has 0 aromatic carbocycles. The second-order valence-electron chi connectivity index (χ2n) is 8.29.